The number of benzene rings is 2. The number of methoxy groups -OCH3 is 1. The lowest BCUT2D eigenvalue weighted by atomic mass is 9.98. The van der Waals surface area contributed by atoms with Crippen molar-refractivity contribution < 1.29 is 24.2 Å². The number of aromatic nitrogens is 1. The predicted molar refractivity (Wildman–Crippen MR) is 161 cm³/mol. The number of nitrogens with one attached hydrogen (secondary N) is 4. The molecule has 0 aliphatic carbocycles. The van der Waals surface area contributed by atoms with Gasteiger partial charge in [-0.15, -0.1) is 0 Å². The minimum Gasteiger partial charge on any atom is -0.504 e. The Morgan fingerprint density at radius 2 is 1.85 bits per heavy atom. The van der Waals surface area contributed by atoms with E-state index in [2.05, 4.69) is 39.7 Å². The fourth-order valence-corrected chi connectivity index (χ4v) is 5.08. The Kier molecular flexibility index (Phi) is 9.14. The lowest BCUT2D eigenvalue weighted by Crippen LogP contribution is -2.30. The van der Waals surface area contributed by atoms with Gasteiger partial charge in [0.2, 0.25) is 0 Å². The predicted octanol–water partition coefficient (Wildman–Crippen LogP) is 4.55. The summed E-state index contributed by atoms with van der Waals surface area (Å²) >= 11 is 0. The fraction of sp³-hybridized carbons (Fsp3) is 0.323. The number of nitrogens with zero attached hydrogens (tertiary/aromatic N) is 1. The highest BCUT2D eigenvalue weighted by Gasteiger charge is 2.30. The van der Waals surface area contributed by atoms with Gasteiger partial charge < -0.3 is 35.7 Å². The summed E-state index contributed by atoms with van der Waals surface area (Å²) < 4.78 is 5.06. The number of aromatic amines is 1. The van der Waals surface area contributed by atoms with E-state index in [0.717, 1.165) is 26.1 Å². The quantitative estimate of drug-likeness (QED) is 0.173. The maximum Gasteiger partial charge on any atom is 0.256 e. The molecule has 0 saturated heterocycles. The van der Waals surface area contributed by atoms with E-state index in [1.165, 1.54) is 13.2 Å². The molecule has 10 nitrogen and oxygen atoms in total. The van der Waals surface area contributed by atoms with E-state index in [1.54, 1.807) is 36.4 Å². The lowest BCUT2D eigenvalue weighted by molar-refractivity contribution is -0.110. The second-order valence-corrected chi connectivity index (χ2v) is 9.88. The minimum absolute atomic E-state index is 0.109. The van der Waals surface area contributed by atoms with Crippen LogP contribution in [-0.2, 0) is 4.79 Å². The molecule has 0 spiro atoms. The summed E-state index contributed by atoms with van der Waals surface area (Å²) in [7, 11) is 1.44. The van der Waals surface area contributed by atoms with E-state index in [1.807, 2.05) is 13.8 Å². The molecule has 0 unspecified atom stereocenters. The van der Waals surface area contributed by atoms with Gasteiger partial charge in [0, 0.05) is 46.5 Å². The monoisotopic (exact) mass is 559 g/mol. The highest BCUT2D eigenvalue weighted by Crippen LogP contribution is 2.37. The Labute approximate surface area is 239 Å². The zero-order valence-corrected chi connectivity index (χ0v) is 24.1. The molecule has 216 valence electrons. The van der Waals surface area contributed by atoms with Crippen LogP contribution in [0, 0.1) is 13.8 Å². The normalized spacial score (nSPS) is 13.3. The molecule has 0 atom stereocenters. The third kappa shape index (κ3) is 6.28. The van der Waals surface area contributed by atoms with Crippen molar-refractivity contribution in [1.29, 1.82) is 0 Å². The standard InChI is InChI=1S/C31H37N5O5/c1-6-36(7-2)15-9-14-32-31(40)27-18(3)24(33-19(27)4)17-22-28-21(10-8-11-23(28)35-30(22)39)29(38)34-20-12-13-26(41-5)25(37)16-20/h8,10-13,16-17,33,37H,6-7,9,14-15H2,1-5H3,(H,32,40)(H,34,38)(H,35,39). The van der Waals surface area contributed by atoms with Gasteiger partial charge in [0.25, 0.3) is 17.7 Å². The molecule has 3 aromatic rings. The van der Waals surface area contributed by atoms with E-state index >= 15 is 0 Å². The zero-order chi connectivity index (χ0) is 29.7. The number of phenolic OH excluding ortho intramolecular Hbond substituents is 1. The van der Waals surface area contributed by atoms with Crippen LogP contribution in [-0.4, -0.2) is 66.0 Å². The number of hydrogen-bond acceptors (Lipinski definition) is 6. The summed E-state index contributed by atoms with van der Waals surface area (Å²) in [6, 6.07) is 9.60. The van der Waals surface area contributed by atoms with Gasteiger partial charge >= 0.3 is 0 Å². The van der Waals surface area contributed by atoms with Crippen LogP contribution in [0.5, 0.6) is 11.5 Å². The van der Waals surface area contributed by atoms with Gasteiger partial charge in [-0.3, -0.25) is 14.4 Å². The third-order valence-corrected chi connectivity index (χ3v) is 7.33. The van der Waals surface area contributed by atoms with Crippen molar-refractivity contribution in [2.45, 2.75) is 34.1 Å². The van der Waals surface area contributed by atoms with Gasteiger partial charge in [-0.2, -0.15) is 0 Å². The van der Waals surface area contributed by atoms with Gasteiger partial charge in [-0.25, -0.2) is 0 Å². The number of carbonyl (C=O) groups excluding carboxylic acids is 3. The maximum absolute atomic E-state index is 13.3. The first-order valence-corrected chi connectivity index (χ1v) is 13.7. The first-order chi connectivity index (χ1) is 19.7. The molecule has 3 amide bonds. The first-order valence-electron chi connectivity index (χ1n) is 13.7. The molecule has 0 bridgehead atoms. The molecule has 0 saturated carbocycles. The smallest absolute Gasteiger partial charge is 0.256 e. The minimum atomic E-state index is -0.446. The van der Waals surface area contributed by atoms with E-state index in [-0.39, 0.29) is 28.9 Å². The van der Waals surface area contributed by atoms with Crippen molar-refractivity contribution in [3.8, 4) is 11.5 Å². The Bertz CT molecular complexity index is 1500. The molecule has 5 N–H and O–H groups in total. The molecule has 10 heteroatoms. The number of anilines is 2. The molecule has 0 radical (unpaired) electrons. The molecular weight excluding hydrogens is 522 g/mol. The van der Waals surface area contributed by atoms with Crippen LogP contribution in [0.25, 0.3) is 11.6 Å². The number of rotatable bonds is 11. The van der Waals surface area contributed by atoms with Crippen molar-refractivity contribution in [1.82, 2.24) is 15.2 Å². The summed E-state index contributed by atoms with van der Waals surface area (Å²) in [5.41, 5.74) is 4.51. The van der Waals surface area contributed by atoms with Crippen LogP contribution in [0.3, 0.4) is 0 Å². The molecule has 1 aromatic heterocycles. The van der Waals surface area contributed by atoms with Gasteiger partial charge in [0.1, 0.15) is 0 Å². The number of fused-ring (bicyclic) bond motifs is 1. The van der Waals surface area contributed by atoms with Crippen LogP contribution in [0.4, 0.5) is 11.4 Å². The van der Waals surface area contributed by atoms with Crippen LogP contribution in [0.1, 0.15) is 63.5 Å². The van der Waals surface area contributed by atoms with Crippen LogP contribution >= 0.6 is 0 Å². The molecular formula is C31H37N5O5. The fourth-order valence-electron chi connectivity index (χ4n) is 5.08. The number of hydrogen-bond donors (Lipinski definition) is 5. The Hall–Kier alpha value is -4.57. The van der Waals surface area contributed by atoms with Crippen LogP contribution in [0.15, 0.2) is 36.4 Å². The van der Waals surface area contributed by atoms with E-state index in [0.29, 0.717) is 51.6 Å². The molecule has 4 rings (SSSR count). The SMILES string of the molecule is CCN(CC)CCCNC(=O)c1c(C)[nH]c(C=C2C(=O)Nc3cccc(C(=O)Nc4ccc(OC)c(O)c4)c32)c1C. The molecule has 1 aliphatic heterocycles. The summed E-state index contributed by atoms with van der Waals surface area (Å²) in [6.45, 7) is 11.3. The van der Waals surface area contributed by atoms with E-state index < -0.39 is 5.91 Å². The van der Waals surface area contributed by atoms with E-state index in [4.69, 9.17) is 4.74 Å². The number of aromatic hydroxyl groups is 1. The van der Waals surface area contributed by atoms with Gasteiger partial charge in [-0.05, 0) is 75.8 Å². The average Bonchev–Trinajstić information content (AvgIpc) is 3.42. The number of phenols is 1. The lowest BCUT2D eigenvalue weighted by Gasteiger charge is -2.17. The topological polar surface area (TPSA) is 136 Å². The Balaban J connectivity index is 1.58. The molecule has 2 aromatic carbocycles. The van der Waals surface area contributed by atoms with Crippen LogP contribution in [0.2, 0.25) is 0 Å². The zero-order valence-electron chi connectivity index (χ0n) is 24.1. The summed E-state index contributed by atoms with van der Waals surface area (Å²) in [4.78, 5) is 44.9. The van der Waals surface area contributed by atoms with Gasteiger partial charge in [0.15, 0.2) is 11.5 Å². The van der Waals surface area contributed by atoms with Crippen LogP contribution < -0.4 is 20.7 Å². The first kappa shape index (κ1) is 29.4. The highest BCUT2D eigenvalue weighted by molar-refractivity contribution is 6.37. The third-order valence-electron chi connectivity index (χ3n) is 7.33. The van der Waals surface area contributed by atoms with E-state index in [9.17, 15) is 19.5 Å². The highest BCUT2D eigenvalue weighted by atomic mass is 16.5. The summed E-state index contributed by atoms with van der Waals surface area (Å²) in [5.74, 6) is -0.788. The van der Waals surface area contributed by atoms with Crippen molar-refractivity contribution >= 4 is 40.7 Å². The summed E-state index contributed by atoms with van der Waals surface area (Å²) in [5, 5.41) is 18.7. The average molecular weight is 560 g/mol. The van der Waals surface area contributed by atoms with Gasteiger partial charge in [0.05, 0.1) is 18.2 Å². The number of carbonyl (C=O) groups is 3. The number of aryl methyl sites for hydroxylation is 1. The number of ether oxygens (including phenoxy) is 1. The van der Waals surface area contributed by atoms with Crippen molar-refractivity contribution in [2.24, 2.45) is 0 Å². The van der Waals surface area contributed by atoms with Crippen molar-refractivity contribution in [3.05, 3.63) is 70.0 Å². The second-order valence-electron chi connectivity index (χ2n) is 9.88. The molecule has 41 heavy (non-hydrogen) atoms. The largest absolute Gasteiger partial charge is 0.504 e. The Morgan fingerprint density at radius 1 is 1.10 bits per heavy atom. The summed E-state index contributed by atoms with van der Waals surface area (Å²) in [6.07, 6.45) is 2.53. The number of amides is 3. The Morgan fingerprint density at radius 3 is 2.54 bits per heavy atom. The van der Waals surface area contributed by atoms with Crippen molar-refractivity contribution in [2.75, 3.05) is 43.9 Å². The molecule has 2 heterocycles. The maximum atomic E-state index is 13.3. The molecule has 1 aliphatic rings. The van der Waals surface area contributed by atoms with Crippen molar-refractivity contribution in [3.63, 3.8) is 0 Å². The molecule has 0 fully saturated rings. The number of H-pyrrole nitrogens is 1. The van der Waals surface area contributed by atoms with Gasteiger partial charge in [-0.1, -0.05) is 19.9 Å². The second kappa shape index (κ2) is 12.7.